The molecule has 0 amide bonds. The van der Waals surface area contributed by atoms with Gasteiger partial charge in [0.05, 0.1) is 30.9 Å². The van der Waals surface area contributed by atoms with Crippen LogP contribution < -0.4 is 5.73 Å². The summed E-state index contributed by atoms with van der Waals surface area (Å²) in [4.78, 5) is 10.5. The lowest BCUT2D eigenvalue weighted by atomic mass is 10.1. The van der Waals surface area contributed by atoms with Crippen molar-refractivity contribution >= 4 is 28.6 Å². The van der Waals surface area contributed by atoms with E-state index in [1.165, 1.54) is 6.33 Å². The van der Waals surface area contributed by atoms with Gasteiger partial charge in [-0.05, 0) is 18.9 Å². The maximum atomic E-state index is 10.4. The Kier molecular flexibility index (Phi) is 8.06. The van der Waals surface area contributed by atoms with E-state index in [1.54, 1.807) is 11.8 Å². The SMILES string of the molecule is CSC[C@H](O)[C@H](CO)N(C)Cc1cn(COCc2ccccc2)c2c(N)ncnc12. The molecule has 0 radical (unpaired) electrons. The summed E-state index contributed by atoms with van der Waals surface area (Å²) in [5.74, 6) is 0.943. The number of nitrogens with two attached hydrogens (primary N) is 1. The molecule has 0 fully saturated rings. The molecule has 0 saturated heterocycles. The fourth-order valence-corrected chi connectivity index (χ4v) is 4.06. The molecule has 0 bridgehead atoms. The lowest BCUT2D eigenvalue weighted by Gasteiger charge is -2.30. The number of anilines is 1. The minimum atomic E-state index is -0.628. The van der Waals surface area contributed by atoms with E-state index >= 15 is 0 Å². The number of hydrogen-bond acceptors (Lipinski definition) is 8. The smallest absolute Gasteiger partial charge is 0.151 e. The number of nitrogens with zero attached hydrogens (tertiary/aromatic N) is 4. The lowest BCUT2D eigenvalue weighted by molar-refractivity contribution is 0.0376. The number of aliphatic hydroxyl groups is 2. The van der Waals surface area contributed by atoms with Crippen LogP contribution in [0.5, 0.6) is 0 Å². The number of fused-ring (bicyclic) bond motifs is 1. The van der Waals surface area contributed by atoms with Crippen LogP contribution >= 0.6 is 11.8 Å². The van der Waals surface area contributed by atoms with E-state index in [1.807, 2.05) is 59.3 Å². The first-order chi connectivity index (χ1) is 14.5. The second-order valence-electron chi connectivity index (χ2n) is 7.23. The molecule has 0 aliphatic heterocycles. The summed E-state index contributed by atoms with van der Waals surface area (Å²) in [6.45, 7) is 1.16. The molecule has 30 heavy (non-hydrogen) atoms. The van der Waals surface area contributed by atoms with E-state index in [0.717, 1.165) is 22.2 Å². The average molecular weight is 432 g/mol. The highest BCUT2D eigenvalue weighted by atomic mass is 32.2. The first-order valence-electron chi connectivity index (χ1n) is 9.73. The third kappa shape index (κ3) is 5.30. The molecule has 162 valence electrons. The normalized spacial score (nSPS) is 13.8. The third-order valence-corrected chi connectivity index (χ3v) is 5.72. The second kappa shape index (κ2) is 10.7. The molecule has 3 aromatic rings. The summed E-state index contributed by atoms with van der Waals surface area (Å²) in [6.07, 6.45) is 4.70. The van der Waals surface area contributed by atoms with Gasteiger partial charge in [0.25, 0.3) is 0 Å². The molecule has 0 spiro atoms. The van der Waals surface area contributed by atoms with Crippen LogP contribution in [0.4, 0.5) is 5.82 Å². The summed E-state index contributed by atoms with van der Waals surface area (Å²) in [5, 5.41) is 20.1. The summed E-state index contributed by atoms with van der Waals surface area (Å²) in [6, 6.07) is 9.59. The molecule has 9 heteroatoms. The standard InChI is InChI=1S/C21H29N5O3S/c1-25(17(10-27)18(28)12-30-2)8-16-9-26(20-19(16)23-13-24-21(20)22)14-29-11-15-6-4-3-5-7-15/h3-7,9,13,17-18,27-28H,8,10-12,14H2,1-2H3,(H2,22,23,24)/t17-,18-/m0/s1. The Hall–Kier alpha value is -2.17. The molecule has 0 unspecified atom stereocenters. The Morgan fingerprint density at radius 1 is 1.27 bits per heavy atom. The quantitative estimate of drug-likeness (QED) is 0.421. The number of nitrogen functional groups attached to an aromatic ring is 1. The Morgan fingerprint density at radius 3 is 2.73 bits per heavy atom. The summed E-state index contributed by atoms with van der Waals surface area (Å²) >= 11 is 1.55. The van der Waals surface area contributed by atoms with Gasteiger partial charge in [0, 0.05) is 24.1 Å². The Labute approximate surface area is 180 Å². The van der Waals surface area contributed by atoms with Gasteiger partial charge in [-0.1, -0.05) is 30.3 Å². The van der Waals surface area contributed by atoms with Crippen LogP contribution in [-0.2, 0) is 24.6 Å². The Balaban J connectivity index is 1.79. The van der Waals surface area contributed by atoms with Crippen molar-refractivity contribution in [2.75, 3.05) is 31.4 Å². The monoisotopic (exact) mass is 431 g/mol. The molecule has 2 atom stereocenters. The fourth-order valence-electron chi connectivity index (χ4n) is 3.50. The van der Waals surface area contributed by atoms with E-state index in [-0.39, 0.29) is 12.6 Å². The van der Waals surface area contributed by atoms with Crippen LogP contribution in [-0.4, -0.2) is 67.5 Å². The number of thioether (sulfide) groups is 1. The molecular formula is C21H29N5O3S. The number of hydrogen-bond donors (Lipinski definition) is 3. The van der Waals surface area contributed by atoms with Crippen LogP contribution in [0.15, 0.2) is 42.9 Å². The van der Waals surface area contributed by atoms with Crippen LogP contribution in [0, 0.1) is 0 Å². The van der Waals surface area contributed by atoms with Gasteiger partial charge in [-0.2, -0.15) is 11.8 Å². The predicted molar refractivity (Wildman–Crippen MR) is 120 cm³/mol. The van der Waals surface area contributed by atoms with E-state index in [0.29, 0.717) is 31.5 Å². The van der Waals surface area contributed by atoms with E-state index in [4.69, 9.17) is 10.5 Å². The van der Waals surface area contributed by atoms with Crippen LogP contribution in [0.25, 0.3) is 11.0 Å². The summed E-state index contributed by atoms with van der Waals surface area (Å²) in [7, 11) is 1.88. The van der Waals surface area contributed by atoms with Gasteiger partial charge in [0.15, 0.2) is 5.82 Å². The van der Waals surface area contributed by atoms with Crippen molar-refractivity contribution in [3.05, 3.63) is 54.0 Å². The number of aromatic nitrogens is 3. The van der Waals surface area contributed by atoms with Crippen molar-refractivity contribution in [3.8, 4) is 0 Å². The molecule has 1 aromatic carbocycles. The van der Waals surface area contributed by atoms with Gasteiger partial charge >= 0.3 is 0 Å². The van der Waals surface area contributed by atoms with Crippen molar-refractivity contribution in [1.29, 1.82) is 0 Å². The average Bonchev–Trinajstić information content (AvgIpc) is 3.08. The third-order valence-electron chi connectivity index (χ3n) is 5.05. The molecule has 2 aromatic heterocycles. The largest absolute Gasteiger partial charge is 0.395 e. The van der Waals surface area contributed by atoms with Crippen molar-refractivity contribution in [2.24, 2.45) is 0 Å². The highest BCUT2D eigenvalue weighted by Crippen LogP contribution is 2.25. The number of ether oxygens (including phenoxy) is 1. The minimum absolute atomic E-state index is 0.131. The van der Waals surface area contributed by atoms with Gasteiger partial charge in [-0.15, -0.1) is 0 Å². The van der Waals surface area contributed by atoms with Crippen molar-refractivity contribution in [2.45, 2.75) is 32.0 Å². The summed E-state index contributed by atoms with van der Waals surface area (Å²) in [5.41, 5.74) is 9.62. The first-order valence-corrected chi connectivity index (χ1v) is 11.1. The minimum Gasteiger partial charge on any atom is -0.395 e. The van der Waals surface area contributed by atoms with Crippen LogP contribution in [0.3, 0.4) is 0 Å². The van der Waals surface area contributed by atoms with Crippen molar-refractivity contribution in [3.63, 3.8) is 0 Å². The van der Waals surface area contributed by atoms with Gasteiger partial charge in [0.1, 0.15) is 18.6 Å². The first kappa shape index (κ1) is 22.5. The van der Waals surface area contributed by atoms with Crippen LogP contribution in [0.1, 0.15) is 11.1 Å². The number of aliphatic hydroxyl groups excluding tert-OH is 2. The summed E-state index contributed by atoms with van der Waals surface area (Å²) < 4.78 is 7.79. The van der Waals surface area contributed by atoms with Gasteiger partial charge < -0.3 is 25.3 Å². The maximum Gasteiger partial charge on any atom is 0.151 e. The van der Waals surface area contributed by atoms with E-state index in [9.17, 15) is 10.2 Å². The lowest BCUT2D eigenvalue weighted by Crippen LogP contribution is -2.44. The van der Waals surface area contributed by atoms with E-state index in [2.05, 4.69) is 9.97 Å². The van der Waals surface area contributed by atoms with Gasteiger partial charge in [0.2, 0.25) is 0 Å². The Morgan fingerprint density at radius 2 is 2.03 bits per heavy atom. The molecule has 0 aliphatic rings. The zero-order valence-electron chi connectivity index (χ0n) is 17.3. The number of likely N-dealkylation sites (N-methyl/N-ethyl adjacent to an activating group) is 1. The molecular weight excluding hydrogens is 402 g/mol. The second-order valence-corrected chi connectivity index (χ2v) is 8.14. The van der Waals surface area contributed by atoms with Gasteiger partial charge in [-0.3, -0.25) is 4.90 Å². The van der Waals surface area contributed by atoms with Crippen LogP contribution in [0.2, 0.25) is 0 Å². The molecule has 4 N–H and O–H groups in total. The molecule has 8 nitrogen and oxygen atoms in total. The fraction of sp³-hybridized carbons (Fsp3) is 0.429. The molecule has 3 rings (SSSR count). The predicted octanol–water partition coefficient (Wildman–Crippen LogP) is 1.70. The molecule has 0 aliphatic carbocycles. The number of rotatable bonds is 11. The van der Waals surface area contributed by atoms with Crippen molar-refractivity contribution in [1.82, 2.24) is 19.4 Å². The topological polar surface area (TPSA) is 110 Å². The maximum absolute atomic E-state index is 10.4. The highest BCUT2D eigenvalue weighted by molar-refractivity contribution is 7.98. The highest BCUT2D eigenvalue weighted by Gasteiger charge is 2.24. The van der Waals surface area contributed by atoms with Crippen molar-refractivity contribution < 1.29 is 14.9 Å². The number of benzene rings is 1. The van der Waals surface area contributed by atoms with Gasteiger partial charge in [-0.25, -0.2) is 9.97 Å². The zero-order chi connectivity index (χ0) is 21.5. The van der Waals surface area contributed by atoms with E-state index < -0.39 is 6.10 Å². The zero-order valence-corrected chi connectivity index (χ0v) is 18.1. The molecule has 2 heterocycles. The Bertz CT molecular complexity index is 937. The molecule has 0 saturated carbocycles.